The smallest absolute Gasteiger partial charge is 0.119 e. The molecule has 2 aromatic rings. The highest BCUT2D eigenvalue weighted by atomic mass is 32.2. The van der Waals surface area contributed by atoms with Crippen LogP contribution in [0.5, 0.6) is 5.75 Å². The number of rotatable bonds is 5. The van der Waals surface area contributed by atoms with Crippen molar-refractivity contribution in [3.63, 3.8) is 0 Å². The summed E-state index contributed by atoms with van der Waals surface area (Å²) in [6.45, 7) is 2.68. The zero-order chi connectivity index (χ0) is 14.7. The maximum Gasteiger partial charge on any atom is 0.119 e. The summed E-state index contributed by atoms with van der Waals surface area (Å²) in [6, 6.07) is 16.9. The molecule has 0 fully saturated rings. The Morgan fingerprint density at radius 2 is 2.00 bits per heavy atom. The van der Waals surface area contributed by atoms with Crippen LogP contribution in [-0.2, 0) is 6.42 Å². The molecule has 3 nitrogen and oxygen atoms in total. The third-order valence-electron chi connectivity index (χ3n) is 3.77. The molecule has 21 heavy (non-hydrogen) atoms. The Bertz CT molecular complexity index is 575. The van der Waals surface area contributed by atoms with Crippen LogP contribution in [0.4, 0.5) is 0 Å². The third kappa shape index (κ3) is 3.07. The van der Waals surface area contributed by atoms with Crippen LogP contribution >= 0.6 is 11.8 Å². The van der Waals surface area contributed by atoms with Gasteiger partial charge in [0.2, 0.25) is 0 Å². The Balaban J connectivity index is 1.77. The monoisotopic (exact) mass is 300 g/mol. The van der Waals surface area contributed by atoms with Crippen molar-refractivity contribution in [1.82, 2.24) is 5.43 Å². The van der Waals surface area contributed by atoms with Crippen molar-refractivity contribution in [1.29, 1.82) is 0 Å². The Hall–Kier alpha value is -1.49. The van der Waals surface area contributed by atoms with E-state index in [1.54, 1.807) is 0 Å². The van der Waals surface area contributed by atoms with Gasteiger partial charge in [0, 0.05) is 10.1 Å². The molecule has 0 bridgehead atoms. The molecule has 1 heterocycles. The van der Waals surface area contributed by atoms with E-state index >= 15 is 0 Å². The Morgan fingerprint density at radius 3 is 2.67 bits per heavy atom. The summed E-state index contributed by atoms with van der Waals surface area (Å²) in [6.07, 6.45) is 1.04. The number of hydrogen-bond acceptors (Lipinski definition) is 4. The fourth-order valence-electron chi connectivity index (χ4n) is 2.75. The molecule has 2 aromatic carbocycles. The summed E-state index contributed by atoms with van der Waals surface area (Å²) in [5.74, 6) is 6.72. The first-order valence-corrected chi connectivity index (χ1v) is 8.13. The lowest BCUT2D eigenvalue weighted by molar-refractivity contribution is 0.340. The molecule has 2 unspecified atom stereocenters. The fourth-order valence-corrected chi connectivity index (χ4v) is 4.17. The van der Waals surface area contributed by atoms with Crippen LogP contribution in [0.15, 0.2) is 53.4 Å². The van der Waals surface area contributed by atoms with Crippen molar-refractivity contribution < 1.29 is 4.74 Å². The van der Waals surface area contributed by atoms with Crippen LogP contribution in [0.1, 0.15) is 24.1 Å². The van der Waals surface area contributed by atoms with Gasteiger partial charge in [0.15, 0.2) is 0 Å². The van der Waals surface area contributed by atoms with Crippen LogP contribution in [0.3, 0.4) is 0 Å². The molecular formula is C17H20N2OS. The summed E-state index contributed by atoms with van der Waals surface area (Å²) in [7, 11) is 0. The predicted octanol–water partition coefficient (Wildman–Crippen LogP) is 3.31. The molecule has 4 heteroatoms. The van der Waals surface area contributed by atoms with Crippen molar-refractivity contribution in [2.75, 3.05) is 6.61 Å². The molecule has 0 amide bonds. The van der Waals surface area contributed by atoms with Crippen LogP contribution in [0, 0.1) is 0 Å². The maximum atomic E-state index is 5.82. The second-order valence-electron chi connectivity index (χ2n) is 5.11. The molecule has 0 spiro atoms. The first kappa shape index (κ1) is 14.4. The van der Waals surface area contributed by atoms with E-state index in [1.165, 1.54) is 16.0 Å². The second-order valence-corrected chi connectivity index (χ2v) is 6.40. The lowest BCUT2D eigenvalue weighted by Crippen LogP contribution is -2.35. The molecule has 0 aromatic heterocycles. The van der Waals surface area contributed by atoms with Gasteiger partial charge in [-0.05, 0) is 42.7 Å². The van der Waals surface area contributed by atoms with Crippen LogP contribution < -0.4 is 16.0 Å². The van der Waals surface area contributed by atoms with E-state index in [1.807, 2.05) is 30.8 Å². The number of hydrogen-bond donors (Lipinski definition) is 2. The maximum absolute atomic E-state index is 5.82. The Labute approximate surface area is 129 Å². The van der Waals surface area contributed by atoms with E-state index in [4.69, 9.17) is 10.6 Å². The quantitative estimate of drug-likeness (QED) is 0.657. The van der Waals surface area contributed by atoms with E-state index in [0.29, 0.717) is 11.9 Å². The first-order chi connectivity index (χ1) is 10.3. The molecule has 2 atom stereocenters. The lowest BCUT2D eigenvalue weighted by atomic mass is 9.99. The minimum Gasteiger partial charge on any atom is -0.494 e. The van der Waals surface area contributed by atoms with Gasteiger partial charge in [-0.1, -0.05) is 30.3 Å². The van der Waals surface area contributed by atoms with Crippen LogP contribution in [0.25, 0.3) is 0 Å². The van der Waals surface area contributed by atoms with Gasteiger partial charge in [-0.15, -0.1) is 11.8 Å². The predicted molar refractivity (Wildman–Crippen MR) is 87.5 cm³/mol. The molecule has 0 radical (unpaired) electrons. The molecule has 0 aliphatic carbocycles. The molecule has 110 valence electrons. The van der Waals surface area contributed by atoms with Gasteiger partial charge in [0.05, 0.1) is 12.6 Å². The molecular weight excluding hydrogens is 280 g/mol. The van der Waals surface area contributed by atoms with Crippen molar-refractivity contribution in [3.05, 3.63) is 59.7 Å². The molecule has 1 aliphatic rings. The van der Waals surface area contributed by atoms with E-state index in [0.717, 1.165) is 12.2 Å². The minimum atomic E-state index is 0.137. The van der Waals surface area contributed by atoms with E-state index in [-0.39, 0.29) is 6.04 Å². The van der Waals surface area contributed by atoms with Crippen molar-refractivity contribution >= 4 is 11.8 Å². The number of fused-ring (bicyclic) bond motifs is 1. The van der Waals surface area contributed by atoms with Gasteiger partial charge in [0.1, 0.15) is 5.75 Å². The van der Waals surface area contributed by atoms with E-state index in [2.05, 4.69) is 41.8 Å². The topological polar surface area (TPSA) is 47.3 Å². The van der Waals surface area contributed by atoms with Gasteiger partial charge in [-0.25, -0.2) is 0 Å². The second kappa shape index (κ2) is 6.52. The zero-order valence-corrected chi connectivity index (χ0v) is 12.9. The largest absolute Gasteiger partial charge is 0.494 e. The van der Waals surface area contributed by atoms with Gasteiger partial charge in [-0.2, -0.15) is 0 Å². The van der Waals surface area contributed by atoms with E-state index in [9.17, 15) is 0 Å². The van der Waals surface area contributed by atoms with Crippen LogP contribution in [0.2, 0.25) is 0 Å². The highest BCUT2D eigenvalue weighted by Crippen LogP contribution is 2.42. The highest BCUT2D eigenvalue weighted by molar-refractivity contribution is 8.00. The average Bonchev–Trinajstić information content (AvgIpc) is 2.93. The summed E-state index contributed by atoms with van der Waals surface area (Å²) in [4.78, 5) is 1.37. The van der Waals surface area contributed by atoms with Gasteiger partial charge < -0.3 is 4.74 Å². The van der Waals surface area contributed by atoms with Crippen molar-refractivity contribution in [2.45, 2.75) is 29.5 Å². The van der Waals surface area contributed by atoms with Gasteiger partial charge in [0.25, 0.3) is 0 Å². The first-order valence-electron chi connectivity index (χ1n) is 7.25. The number of ether oxygens (including phenoxy) is 1. The van der Waals surface area contributed by atoms with Crippen molar-refractivity contribution in [3.8, 4) is 5.75 Å². The average molecular weight is 300 g/mol. The summed E-state index contributed by atoms with van der Waals surface area (Å²) in [5.41, 5.74) is 5.60. The number of hydrazine groups is 1. The Kier molecular flexibility index (Phi) is 4.48. The standard InChI is InChI=1S/C17H20N2OS/c1-2-20-14-9-7-12(8-10-14)17(19-18)16-11-13-5-3-4-6-15(13)21-16/h3-10,16-17,19H,2,11,18H2,1H3. The normalized spacial score (nSPS) is 18.3. The molecule has 3 N–H and O–H groups in total. The van der Waals surface area contributed by atoms with E-state index < -0.39 is 0 Å². The fraction of sp³-hybridized carbons (Fsp3) is 0.294. The summed E-state index contributed by atoms with van der Waals surface area (Å²) in [5, 5.41) is 0.422. The Morgan fingerprint density at radius 1 is 1.24 bits per heavy atom. The number of nitrogens with one attached hydrogen (secondary N) is 1. The number of nitrogens with two attached hydrogens (primary N) is 1. The minimum absolute atomic E-state index is 0.137. The number of benzene rings is 2. The zero-order valence-electron chi connectivity index (χ0n) is 12.1. The summed E-state index contributed by atoms with van der Waals surface area (Å²) < 4.78 is 5.49. The molecule has 0 saturated carbocycles. The van der Waals surface area contributed by atoms with Gasteiger partial charge >= 0.3 is 0 Å². The van der Waals surface area contributed by atoms with Crippen molar-refractivity contribution in [2.24, 2.45) is 5.84 Å². The lowest BCUT2D eigenvalue weighted by Gasteiger charge is -2.22. The van der Waals surface area contributed by atoms with Gasteiger partial charge in [-0.3, -0.25) is 11.3 Å². The molecule has 3 rings (SSSR count). The van der Waals surface area contributed by atoms with Crippen LogP contribution in [-0.4, -0.2) is 11.9 Å². The molecule has 0 saturated heterocycles. The molecule has 1 aliphatic heterocycles. The third-order valence-corrected chi connectivity index (χ3v) is 5.17. The number of thioether (sulfide) groups is 1. The summed E-state index contributed by atoms with van der Waals surface area (Å²) >= 11 is 1.90. The highest BCUT2D eigenvalue weighted by Gasteiger charge is 2.29. The SMILES string of the molecule is CCOc1ccc(C(NN)C2Cc3ccccc3S2)cc1.